The number of aliphatic hydroxyl groups excluding tert-OH is 4. The summed E-state index contributed by atoms with van der Waals surface area (Å²) in [6.45, 7) is 6.17. The maximum absolute atomic E-state index is 12.2. The van der Waals surface area contributed by atoms with Crippen LogP contribution >= 0.6 is 0 Å². The Labute approximate surface area is 174 Å². The molecule has 0 aromatic heterocycles. The molecular weight excluding hydrogens is 396 g/mol. The molecule has 0 amide bonds. The van der Waals surface area contributed by atoms with Crippen molar-refractivity contribution in [1.29, 1.82) is 0 Å². The van der Waals surface area contributed by atoms with Crippen molar-refractivity contribution in [2.45, 2.75) is 70.4 Å². The Hall–Kier alpha value is -1.88. The number of carbonyl (C=O) groups is 2. The van der Waals surface area contributed by atoms with Crippen molar-refractivity contribution < 1.29 is 44.6 Å². The molecule has 9 heteroatoms. The highest BCUT2D eigenvalue weighted by Gasteiger charge is 2.47. The number of hydrogen-bond donors (Lipinski definition) is 5. The van der Waals surface area contributed by atoms with Crippen LogP contribution in [-0.4, -0.2) is 80.2 Å². The molecule has 0 bridgehead atoms. The molecule has 2 rings (SSSR count). The van der Waals surface area contributed by atoms with Crippen molar-refractivity contribution in [1.82, 2.24) is 0 Å². The molecule has 2 aliphatic rings. The van der Waals surface area contributed by atoms with E-state index in [2.05, 4.69) is 0 Å². The predicted molar refractivity (Wildman–Crippen MR) is 105 cm³/mol. The standard InChI is InChI=1S/C21H30O9/c1-11(5-6-21(28)12(2)8-13(23)9-20(21,3)4)7-15(24)30-19-18(27)17(26)16(25)14(10-22)29-19/h5-8,14,16-19,22,25-28H,9-10H2,1-4H3/b6-5+,11-7+/t14?,16-,17+,18+,19-,21-/m1/s1. The second-order valence-electron chi connectivity index (χ2n) is 8.48. The zero-order chi connectivity index (χ0) is 22.9. The summed E-state index contributed by atoms with van der Waals surface area (Å²) in [5.41, 5.74) is -1.21. The van der Waals surface area contributed by atoms with Gasteiger partial charge in [0.2, 0.25) is 6.29 Å². The second kappa shape index (κ2) is 9.09. The monoisotopic (exact) mass is 426 g/mol. The normalized spacial score (nSPS) is 37.2. The second-order valence-corrected chi connectivity index (χ2v) is 8.48. The minimum Gasteiger partial charge on any atom is -0.430 e. The molecular formula is C21H30O9. The molecule has 1 saturated heterocycles. The van der Waals surface area contributed by atoms with Gasteiger partial charge in [0.15, 0.2) is 5.78 Å². The number of ketones is 1. The SMILES string of the molecule is CC1=CC(=O)CC(C)(C)[C@@]1(O)/C=C/C(C)=C/C(=O)O[C@H]1OC(CO)[C@@H](O)[C@H](O)[C@@H]1O. The number of esters is 1. The van der Waals surface area contributed by atoms with E-state index >= 15 is 0 Å². The first-order valence-electron chi connectivity index (χ1n) is 9.65. The van der Waals surface area contributed by atoms with Crippen LogP contribution in [0.5, 0.6) is 0 Å². The van der Waals surface area contributed by atoms with Crippen molar-refractivity contribution in [3.63, 3.8) is 0 Å². The van der Waals surface area contributed by atoms with Gasteiger partial charge in [-0.3, -0.25) is 4.79 Å². The number of carbonyl (C=O) groups excluding carboxylic acids is 2. The van der Waals surface area contributed by atoms with E-state index in [9.17, 15) is 35.1 Å². The molecule has 1 aliphatic heterocycles. The summed E-state index contributed by atoms with van der Waals surface area (Å²) in [4.78, 5) is 24.0. The highest BCUT2D eigenvalue weighted by Crippen LogP contribution is 2.44. The Morgan fingerprint density at radius 2 is 1.90 bits per heavy atom. The lowest BCUT2D eigenvalue weighted by molar-refractivity contribution is -0.291. The van der Waals surface area contributed by atoms with Crippen molar-refractivity contribution in [2.75, 3.05) is 6.61 Å². The van der Waals surface area contributed by atoms with Gasteiger partial charge in [-0.05, 0) is 37.1 Å². The molecule has 0 spiro atoms. The van der Waals surface area contributed by atoms with E-state index in [0.717, 1.165) is 6.08 Å². The third kappa shape index (κ3) is 4.88. The zero-order valence-electron chi connectivity index (χ0n) is 17.5. The molecule has 0 aromatic carbocycles. The molecule has 1 fully saturated rings. The van der Waals surface area contributed by atoms with Gasteiger partial charge >= 0.3 is 5.97 Å². The molecule has 9 nitrogen and oxygen atoms in total. The summed E-state index contributed by atoms with van der Waals surface area (Å²) in [7, 11) is 0. The lowest BCUT2D eigenvalue weighted by Crippen LogP contribution is -2.59. The van der Waals surface area contributed by atoms with Crippen LogP contribution in [0.25, 0.3) is 0 Å². The van der Waals surface area contributed by atoms with E-state index in [1.54, 1.807) is 27.7 Å². The van der Waals surface area contributed by atoms with Gasteiger partial charge in [0.25, 0.3) is 0 Å². The van der Waals surface area contributed by atoms with Crippen LogP contribution in [0.1, 0.15) is 34.1 Å². The average Bonchev–Trinajstić information content (AvgIpc) is 2.64. The fourth-order valence-corrected chi connectivity index (χ4v) is 3.66. The molecule has 5 N–H and O–H groups in total. The van der Waals surface area contributed by atoms with Crippen LogP contribution < -0.4 is 0 Å². The summed E-state index contributed by atoms with van der Waals surface area (Å²) in [6, 6.07) is 0. The highest BCUT2D eigenvalue weighted by atomic mass is 16.7. The number of allylic oxidation sites excluding steroid dienone is 3. The Balaban J connectivity index is 2.11. The maximum atomic E-state index is 12.2. The van der Waals surface area contributed by atoms with E-state index in [4.69, 9.17) is 9.47 Å². The molecule has 168 valence electrons. The fourth-order valence-electron chi connectivity index (χ4n) is 3.66. The third-order valence-electron chi connectivity index (χ3n) is 5.64. The largest absolute Gasteiger partial charge is 0.430 e. The minimum atomic E-state index is -1.69. The quantitative estimate of drug-likeness (QED) is 0.222. The molecule has 30 heavy (non-hydrogen) atoms. The first-order chi connectivity index (χ1) is 13.8. The number of rotatable bonds is 5. The van der Waals surface area contributed by atoms with Crippen LogP contribution in [0.4, 0.5) is 0 Å². The maximum Gasteiger partial charge on any atom is 0.333 e. The van der Waals surface area contributed by atoms with E-state index in [1.807, 2.05) is 0 Å². The smallest absolute Gasteiger partial charge is 0.333 e. The number of hydrogen-bond acceptors (Lipinski definition) is 9. The van der Waals surface area contributed by atoms with E-state index in [1.165, 1.54) is 18.2 Å². The zero-order valence-corrected chi connectivity index (χ0v) is 17.5. The van der Waals surface area contributed by atoms with Crippen LogP contribution in [0.15, 0.2) is 35.5 Å². The van der Waals surface area contributed by atoms with Crippen molar-refractivity contribution in [3.05, 3.63) is 35.5 Å². The molecule has 1 unspecified atom stereocenters. The third-order valence-corrected chi connectivity index (χ3v) is 5.64. The predicted octanol–water partition coefficient (Wildman–Crippen LogP) is -0.492. The minimum absolute atomic E-state index is 0.0639. The first kappa shape index (κ1) is 24.4. The Kier molecular flexibility index (Phi) is 7.39. The first-order valence-corrected chi connectivity index (χ1v) is 9.65. The Morgan fingerprint density at radius 3 is 2.47 bits per heavy atom. The van der Waals surface area contributed by atoms with Gasteiger partial charge in [0, 0.05) is 17.9 Å². The Morgan fingerprint density at radius 1 is 1.27 bits per heavy atom. The van der Waals surface area contributed by atoms with Crippen LogP contribution in [0, 0.1) is 5.41 Å². The summed E-state index contributed by atoms with van der Waals surface area (Å²) in [5, 5.41) is 49.7. The molecule has 1 aliphatic carbocycles. The Bertz CT molecular complexity index is 764. The van der Waals surface area contributed by atoms with Gasteiger partial charge in [-0.15, -0.1) is 0 Å². The van der Waals surface area contributed by atoms with Crippen LogP contribution in [0.3, 0.4) is 0 Å². The summed E-state index contributed by atoms with van der Waals surface area (Å²) < 4.78 is 10.1. The summed E-state index contributed by atoms with van der Waals surface area (Å²) in [6.07, 6.45) is -1.95. The molecule has 0 saturated carbocycles. The van der Waals surface area contributed by atoms with Gasteiger partial charge < -0.3 is 35.0 Å². The fraction of sp³-hybridized carbons (Fsp3) is 0.619. The average molecular weight is 426 g/mol. The van der Waals surface area contributed by atoms with Crippen molar-refractivity contribution in [2.24, 2.45) is 5.41 Å². The lowest BCUT2D eigenvalue weighted by Gasteiger charge is -2.44. The lowest BCUT2D eigenvalue weighted by atomic mass is 9.64. The summed E-state index contributed by atoms with van der Waals surface area (Å²) >= 11 is 0. The summed E-state index contributed by atoms with van der Waals surface area (Å²) in [5.74, 6) is -0.954. The van der Waals surface area contributed by atoms with Crippen LogP contribution in [0.2, 0.25) is 0 Å². The highest BCUT2D eigenvalue weighted by molar-refractivity contribution is 5.92. The number of aliphatic hydroxyl groups is 5. The number of ether oxygens (including phenoxy) is 2. The van der Waals surface area contributed by atoms with Crippen LogP contribution in [-0.2, 0) is 19.1 Å². The molecule has 1 heterocycles. The van der Waals surface area contributed by atoms with Crippen molar-refractivity contribution in [3.8, 4) is 0 Å². The van der Waals surface area contributed by atoms with Gasteiger partial charge in [-0.25, -0.2) is 4.79 Å². The molecule has 0 radical (unpaired) electrons. The molecule has 0 aromatic rings. The van der Waals surface area contributed by atoms with Gasteiger partial charge in [0.1, 0.15) is 30.0 Å². The van der Waals surface area contributed by atoms with E-state index < -0.39 is 54.3 Å². The van der Waals surface area contributed by atoms with Gasteiger partial charge in [-0.1, -0.05) is 19.9 Å². The van der Waals surface area contributed by atoms with Gasteiger partial charge in [0.05, 0.1) is 6.61 Å². The topological polar surface area (TPSA) is 154 Å². The van der Waals surface area contributed by atoms with E-state index in [0.29, 0.717) is 11.1 Å². The van der Waals surface area contributed by atoms with Crippen molar-refractivity contribution >= 4 is 11.8 Å². The van der Waals surface area contributed by atoms with Gasteiger partial charge in [-0.2, -0.15) is 0 Å². The molecule has 6 atom stereocenters. The van der Waals surface area contributed by atoms with E-state index in [-0.39, 0.29) is 12.2 Å².